The van der Waals surface area contributed by atoms with Crippen molar-refractivity contribution >= 4 is 28.5 Å². The highest BCUT2D eigenvalue weighted by molar-refractivity contribution is 6.31. The van der Waals surface area contributed by atoms with Crippen molar-refractivity contribution in [3.8, 4) is 5.75 Å². The first-order valence-corrected chi connectivity index (χ1v) is 9.56. The molecule has 29 heavy (non-hydrogen) atoms. The third-order valence-electron chi connectivity index (χ3n) is 4.58. The molecule has 0 bridgehead atoms. The number of rotatable bonds is 6. The lowest BCUT2D eigenvalue weighted by molar-refractivity contribution is 0.105. The Morgan fingerprint density at radius 2 is 1.72 bits per heavy atom. The Kier molecular flexibility index (Phi) is 5.25. The first-order chi connectivity index (χ1) is 14.1. The predicted octanol–water partition coefficient (Wildman–Crippen LogP) is 5.96. The van der Waals surface area contributed by atoms with E-state index in [1.165, 1.54) is 0 Å². The minimum Gasteiger partial charge on any atom is -0.494 e. The van der Waals surface area contributed by atoms with Crippen LogP contribution in [0.1, 0.15) is 34.3 Å². The highest BCUT2D eigenvalue weighted by atomic mass is 16.5. The van der Waals surface area contributed by atoms with Crippen molar-refractivity contribution in [2.45, 2.75) is 13.8 Å². The van der Waals surface area contributed by atoms with Crippen LogP contribution < -0.4 is 4.74 Å². The van der Waals surface area contributed by atoms with Crippen molar-refractivity contribution in [2.24, 2.45) is 0 Å². The minimum absolute atomic E-state index is 0.134. The molecular weight excluding hydrogens is 362 g/mol. The monoisotopic (exact) mass is 383 g/mol. The first-order valence-electron chi connectivity index (χ1n) is 9.56. The largest absolute Gasteiger partial charge is 0.494 e. The molecule has 0 aliphatic carbocycles. The van der Waals surface area contributed by atoms with Crippen LogP contribution >= 0.6 is 0 Å². The van der Waals surface area contributed by atoms with Gasteiger partial charge in [0.15, 0.2) is 11.4 Å². The van der Waals surface area contributed by atoms with Gasteiger partial charge in [-0.15, -0.1) is 0 Å². The maximum absolute atomic E-state index is 13.3. The van der Waals surface area contributed by atoms with Crippen LogP contribution in [0.3, 0.4) is 0 Å². The summed E-state index contributed by atoms with van der Waals surface area (Å²) in [4.78, 5) is 17.9. The molecule has 4 aromatic rings. The molecule has 0 radical (unpaired) electrons. The molecule has 4 nitrogen and oxygen atoms in total. The Hall–Kier alpha value is -3.66. The maximum Gasteiger partial charge on any atom is 0.231 e. The molecule has 4 heteroatoms. The molecule has 0 spiro atoms. The molecule has 144 valence electrons. The van der Waals surface area contributed by atoms with Gasteiger partial charge in [0.1, 0.15) is 11.3 Å². The highest BCUT2D eigenvalue weighted by Gasteiger charge is 2.20. The van der Waals surface area contributed by atoms with Crippen LogP contribution in [0, 0.1) is 6.92 Å². The van der Waals surface area contributed by atoms with Crippen LogP contribution in [-0.4, -0.2) is 17.4 Å². The maximum atomic E-state index is 13.3. The highest BCUT2D eigenvalue weighted by Crippen LogP contribution is 2.27. The lowest BCUT2D eigenvalue weighted by Crippen LogP contribution is -2.03. The fourth-order valence-electron chi connectivity index (χ4n) is 3.07. The number of carbonyl (C=O) groups is 1. The summed E-state index contributed by atoms with van der Waals surface area (Å²) >= 11 is 0. The number of allylic oxidation sites excluding steroid dienone is 1. The second kappa shape index (κ2) is 8.15. The SMILES string of the molecule is CCOc1ccc(C=C(C(=O)c2ccc(C)cc2)c2nc3ccccc3o2)cc1. The summed E-state index contributed by atoms with van der Waals surface area (Å²) in [5, 5.41) is 0. The average molecular weight is 383 g/mol. The molecule has 0 N–H and O–H groups in total. The number of benzene rings is 3. The number of carbonyl (C=O) groups excluding carboxylic acids is 1. The number of hydrogen-bond acceptors (Lipinski definition) is 4. The van der Waals surface area contributed by atoms with Crippen molar-refractivity contribution in [1.82, 2.24) is 4.98 Å². The average Bonchev–Trinajstić information content (AvgIpc) is 3.17. The lowest BCUT2D eigenvalue weighted by Gasteiger charge is -2.06. The molecule has 1 heterocycles. The van der Waals surface area contributed by atoms with E-state index in [0.29, 0.717) is 29.2 Å². The van der Waals surface area contributed by atoms with E-state index in [9.17, 15) is 4.79 Å². The van der Waals surface area contributed by atoms with Gasteiger partial charge in [-0.25, -0.2) is 4.98 Å². The molecular formula is C25H21NO3. The van der Waals surface area contributed by atoms with E-state index < -0.39 is 0 Å². The smallest absolute Gasteiger partial charge is 0.231 e. The van der Waals surface area contributed by atoms with Gasteiger partial charge in [0, 0.05) is 5.56 Å². The first kappa shape index (κ1) is 18.7. The predicted molar refractivity (Wildman–Crippen MR) is 115 cm³/mol. The zero-order valence-corrected chi connectivity index (χ0v) is 16.4. The number of nitrogens with zero attached hydrogens (tertiary/aromatic N) is 1. The second-order valence-electron chi connectivity index (χ2n) is 6.74. The van der Waals surface area contributed by atoms with Gasteiger partial charge >= 0.3 is 0 Å². The normalized spacial score (nSPS) is 11.6. The Morgan fingerprint density at radius 3 is 2.41 bits per heavy atom. The Bertz CT molecular complexity index is 1140. The molecule has 1 aromatic heterocycles. The number of aryl methyl sites for hydroxylation is 1. The topological polar surface area (TPSA) is 52.3 Å². The van der Waals surface area contributed by atoms with E-state index in [4.69, 9.17) is 9.15 Å². The zero-order valence-electron chi connectivity index (χ0n) is 16.4. The van der Waals surface area contributed by atoms with Gasteiger partial charge in [0.05, 0.1) is 12.2 Å². The molecule has 0 aliphatic rings. The van der Waals surface area contributed by atoms with E-state index in [2.05, 4.69) is 4.98 Å². The minimum atomic E-state index is -0.134. The Morgan fingerprint density at radius 1 is 1.00 bits per heavy atom. The number of hydrogen-bond donors (Lipinski definition) is 0. The number of oxazole rings is 1. The molecule has 0 unspecified atom stereocenters. The van der Waals surface area contributed by atoms with Crippen LogP contribution in [0.4, 0.5) is 0 Å². The molecule has 0 atom stereocenters. The van der Waals surface area contributed by atoms with E-state index in [-0.39, 0.29) is 5.78 Å². The lowest BCUT2D eigenvalue weighted by atomic mass is 10.00. The summed E-state index contributed by atoms with van der Waals surface area (Å²) < 4.78 is 11.4. The molecule has 0 saturated carbocycles. The van der Waals surface area contributed by atoms with Gasteiger partial charge in [0.25, 0.3) is 0 Å². The fraction of sp³-hybridized carbons (Fsp3) is 0.120. The zero-order chi connectivity index (χ0) is 20.2. The summed E-state index contributed by atoms with van der Waals surface area (Å²) in [7, 11) is 0. The van der Waals surface area contributed by atoms with Crippen molar-refractivity contribution in [1.29, 1.82) is 0 Å². The van der Waals surface area contributed by atoms with Gasteiger partial charge in [-0.3, -0.25) is 4.79 Å². The molecule has 0 amide bonds. The Labute approximate surface area is 169 Å². The Balaban J connectivity index is 1.79. The molecule has 0 fully saturated rings. The van der Waals surface area contributed by atoms with Crippen LogP contribution in [-0.2, 0) is 0 Å². The summed E-state index contributed by atoms with van der Waals surface area (Å²) in [6.45, 7) is 4.54. The molecule has 0 saturated heterocycles. The quantitative estimate of drug-likeness (QED) is 0.305. The van der Waals surface area contributed by atoms with Crippen molar-refractivity contribution in [3.05, 3.63) is 95.4 Å². The van der Waals surface area contributed by atoms with E-state index in [0.717, 1.165) is 22.4 Å². The van der Waals surface area contributed by atoms with E-state index >= 15 is 0 Å². The van der Waals surface area contributed by atoms with Gasteiger partial charge in [-0.1, -0.05) is 54.1 Å². The van der Waals surface area contributed by atoms with Crippen molar-refractivity contribution < 1.29 is 13.9 Å². The summed E-state index contributed by atoms with van der Waals surface area (Å²) in [5.74, 6) is 0.967. The number of ether oxygens (including phenoxy) is 1. The standard InChI is InChI=1S/C25H21NO3/c1-3-28-20-14-10-18(11-15-20)16-21(24(27)19-12-8-17(2)9-13-19)25-26-22-6-4-5-7-23(22)29-25/h4-16H,3H2,1-2H3. The molecule has 4 rings (SSSR count). The molecule has 0 aliphatic heterocycles. The van der Waals surface area contributed by atoms with Gasteiger partial charge in [-0.05, 0) is 49.8 Å². The second-order valence-corrected chi connectivity index (χ2v) is 6.74. The van der Waals surface area contributed by atoms with E-state index in [1.54, 1.807) is 0 Å². The summed E-state index contributed by atoms with van der Waals surface area (Å²) in [5.41, 5.74) is 4.34. The summed E-state index contributed by atoms with van der Waals surface area (Å²) in [6, 6.07) is 22.6. The number of fused-ring (bicyclic) bond motifs is 1. The third kappa shape index (κ3) is 4.11. The molecule has 3 aromatic carbocycles. The summed E-state index contributed by atoms with van der Waals surface area (Å²) in [6.07, 6.45) is 1.81. The van der Waals surface area contributed by atoms with Crippen molar-refractivity contribution in [2.75, 3.05) is 6.61 Å². The van der Waals surface area contributed by atoms with Crippen LogP contribution in [0.2, 0.25) is 0 Å². The van der Waals surface area contributed by atoms with Crippen LogP contribution in [0.5, 0.6) is 5.75 Å². The van der Waals surface area contributed by atoms with Crippen LogP contribution in [0.25, 0.3) is 22.7 Å². The van der Waals surface area contributed by atoms with Crippen LogP contribution in [0.15, 0.2) is 77.2 Å². The van der Waals surface area contributed by atoms with Gasteiger partial charge < -0.3 is 9.15 Å². The van der Waals surface area contributed by atoms with Gasteiger partial charge in [0.2, 0.25) is 5.89 Å². The fourth-order valence-corrected chi connectivity index (χ4v) is 3.07. The van der Waals surface area contributed by atoms with E-state index in [1.807, 2.05) is 92.7 Å². The van der Waals surface area contributed by atoms with Gasteiger partial charge in [-0.2, -0.15) is 0 Å². The number of Topliss-reactive ketones (excluding diaryl/α,β-unsaturated/α-hetero) is 1. The number of para-hydroxylation sites is 2. The van der Waals surface area contributed by atoms with Crippen molar-refractivity contribution in [3.63, 3.8) is 0 Å². The third-order valence-corrected chi connectivity index (χ3v) is 4.58. The number of aromatic nitrogens is 1. The number of ketones is 1.